The van der Waals surface area contributed by atoms with Crippen LogP contribution in [0.15, 0.2) is 60.1 Å². The van der Waals surface area contributed by atoms with Crippen molar-refractivity contribution in [1.82, 2.24) is 10.3 Å². The van der Waals surface area contributed by atoms with Crippen LogP contribution in [-0.4, -0.2) is 17.6 Å². The number of unbranched alkanes of at least 4 members (excludes halogenated alkanes) is 1. The number of carbonyl (C=O) groups excluding carboxylic acids is 1. The SMILES string of the molecule is CCCCOc1ccc(NC(=O)NCc2cccnc2-c2cccs2)cc1. The zero-order valence-corrected chi connectivity index (χ0v) is 16.1. The van der Waals surface area contributed by atoms with Crippen molar-refractivity contribution >= 4 is 23.1 Å². The lowest BCUT2D eigenvalue weighted by atomic mass is 10.1. The number of benzene rings is 1. The first-order valence-corrected chi connectivity index (χ1v) is 9.89. The van der Waals surface area contributed by atoms with Crippen molar-refractivity contribution in [3.8, 4) is 16.3 Å². The fraction of sp³-hybridized carbons (Fsp3) is 0.238. The van der Waals surface area contributed by atoms with E-state index in [9.17, 15) is 4.79 Å². The van der Waals surface area contributed by atoms with Crippen LogP contribution >= 0.6 is 11.3 Å². The quantitative estimate of drug-likeness (QED) is 0.520. The molecule has 0 saturated carbocycles. The van der Waals surface area contributed by atoms with Gasteiger partial charge in [0.15, 0.2) is 0 Å². The molecule has 1 aromatic carbocycles. The zero-order valence-electron chi connectivity index (χ0n) is 15.3. The lowest BCUT2D eigenvalue weighted by molar-refractivity contribution is 0.251. The molecule has 0 aliphatic rings. The van der Waals surface area contributed by atoms with Gasteiger partial charge < -0.3 is 15.4 Å². The first-order chi connectivity index (χ1) is 13.3. The number of ether oxygens (including phenoxy) is 1. The van der Waals surface area contributed by atoms with E-state index in [0.29, 0.717) is 13.2 Å². The van der Waals surface area contributed by atoms with Gasteiger partial charge in [0.1, 0.15) is 5.75 Å². The average Bonchev–Trinajstić information content (AvgIpc) is 3.23. The number of nitrogens with zero attached hydrogens (tertiary/aromatic N) is 1. The Bertz CT molecular complexity index is 848. The average molecular weight is 382 g/mol. The Hall–Kier alpha value is -2.86. The summed E-state index contributed by atoms with van der Waals surface area (Å²) in [6.07, 6.45) is 3.90. The molecule has 0 bridgehead atoms. The Morgan fingerprint density at radius 2 is 2.00 bits per heavy atom. The van der Waals surface area contributed by atoms with Crippen molar-refractivity contribution in [2.24, 2.45) is 0 Å². The third kappa shape index (κ3) is 5.56. The van der Waals surface area contributed by atoms with Crippen LogP contribution in [0.4, 0.5) is 10.5 Å². The molecule has 6 heteroatoms. The van der Waals surface area contributed by atoms with Crippen LogP contribution in [0.2, 0.25) is 0 Å². The summed E-state index contributed by atoms with van der Waals surface area (Å²) in [4.78, 5) is 17.7. The molecule has 2 N–H and O–H groups in total. The summed E-state index contributed by atoms with van der Waals surface area (Å²) in [6, 6.07) is 15.0. The summed E-state index contributed by atoms with van der Waals surface area (Å²) in [5.41, 5.74) is 2.61. The fourth-order valence-electron chi connectivity index (χ4n) is 2.54. The Kier molecular flexibility index (Phi) is 6.82. The van der Waals surface area contributed by atoms with Crippen molar-refractivity contribution in [3.63, 3.8) is 0 Å². The Morgan fingerprint density at radius 1 is 1.15 bits per heavy atom. The number of nitrogens with one attached hydrogen (secondary N) is 2. The van der Waals surface area contributed by atoms with E-state index in [2.05, 4.69) is 22.5 Å². The molecular weight excluding hydrogens is 358 g/mol. The minimum atomic E-state index is -0.254. The highest BCUT2D eigenvalue weighted by atomic mass is 32.1. The molecular formula is C21H23N3O2S. The second-order valence-electron chi connectivity index (χ2n) is 6.02. The number of rotatable bonds is 8. The van der Waals surface area contributed by atoms with Crippen molar-refractivity contribution < 1.29 is 9.53 Å². The van der Waals surface area contributed by atoms with Gasteiger partial charge in [0.2, 0.25) is 0 Å². The predicted molar refractivity (Wildman–Crippen MR) is 110 cm³/mol. The van der Waals surface area contributed by atoms with Crippen molar-refractivity contribution in [3.05, 3.63) is 65.7 Å². The van der Waals surface area contributed by atoms with Gasteiger partial charge in [0, 0.05) is 18.4 Å². The van der Waals surface area contributed by atoms with E-state index in [0.717, 1.165) is 40.4 Å². The molecule has 0 unspecified atom stereocenters. The van der Waals surface area contributed by atoms with E-state index >= 15 is 0 Å². The van der Waals surface area contributed by atoms with Crippen LogP contribution in [0.1, 0.15) is 25.3 Å². The maximum absolute atomic E-state index is 12.2. The van der Waals surface area contributed by atoms with Crippen LogP contribution in [-0.2, 0) is 6.54 Å². The topological polar surface area (TPSA) is 63.2 Å². The Morgan fingerprint density at radius 3 is 2.74 bits per heavy atom. The van der Waals surface area contributed by atoms with Gasteiger partial charge in [0.25, 0.3) is 0 Å². The standard InChI is InChI=1S/C21H23N3O2S/c1-2-3-13-26-18-10-8-17(9-11-18)24-21(25)23-15-16-6-4-12-22-20(16)19-7-5-14-27-19/h4-12,14H,2-3,13,15H2,1H3,(H2,23,24,25). The third-order valence-corrected chi connectivity index (χ3v) is 4.84. The van der Waals surface area contributed by atoms with E-state index in [1.54, 1.807) is 17.5 Å². The predicted octanol–water partition coefficient (Wildman–Crippen LogP) is 5.31. The molecule has 0 aliphatic carbocycles. The summed E-state index contributed by atoms with van der Waals surface area (Å²) in [6.45, 7) is 3.25. The number of carbonyl (C=O) groups is 1. The second kappa shape index (κ2) is 9.73. The highest BCUT2D eigenvalue weighted by Gasteiger charge is 2.09. The Labute approximate surface area is 163 Å². The summed E-state index contributed by atoms with van der Waals surface area (Å²) in [5.74, 6) is 0.811. The first-order valence-electron chi connectivity index (χ1n) is 9.01. The summed E-state index contributed by atoms with van der Waals surface area (Å²) in [7, 11) is 0. The molecule has 3 rings (SSSR count). The van der Waals surface area contributed by atoms with Crippen LogP contribution < -0.4 is 15.4 Å². The van der Waals surface area contributed by atoms with Gasteiger partial charge in [-0.05, 0) is 53.8 Å². The van der Waals surface area contributed by atoms with E-state index in [1.807, 2.05) is 53.9 Å². The molecule has 0 spiro atoms. The van der Waals surface area contributed by atoms with Crippen LogP contribution in [0, 0.1) is 0 Å². The van der Waals surface area contributed by atoms with E-state index < -0.39 is 0 Å². The molecule has 0 fully saturated rings. The minimum Gasteiger partial charge on any atom is -0.494 e. The largest absolute Gasteiger partial charge is 0.494 e. The lowest BCUT2D eigenvalue weighted by Crippen LogP contribution is -2.28. The molecule has 3 aromatic rings. The van der Waals surface area contributed by atoms with Crippen molar-refractivity contribution in [2.45, 2.75) is 26.3 Å². The number of pyridine rings is 1. The van der Waals surface area contributed by atoms with E-state index in [-0.39, 0.29) is 6.03 Å². The molecule has 140 valence electrons. The molecule has 0 saturated heterocycles. The number of urea groups is 1. The van der Waals surface area contributed by atoms with Gasteiger partial charge >= 0.3 is 6.03 Å². The molecule has 5 nitrogen and oxygen atoms in total. The molecule has 27 heavy (non-hydrogen) atoms. The van der Waals surface area contributed by atoms with E-state index in [1.165, 1.54) is 0 Å². The molecule has 0 aliphatic heterocycles. The number of aromatic nitrogens is 1. The highest BCUT2D eigenvalue weighted by Crippen LogP contribution is 2.25. The van der Waals surface area contributed by atoms with Gasteiger partial charge in [-0.25, -0.2) is 4.79 Å². The molecule has 0 radical (unpaired) electrons. The molecule has 2 amide bonds. The van der Waals surface area contributed by atoms with Gasteiger partial charge in [-0.1, -0.05) is 25.5 Å². The van der Waals surface area contributed by atoms with Gasteiger partial charge in [-0.3, -0.25) is 4.98 Å². The number of anilines is 1. The van der Waals surface area contributed by atoms with Crippen LogP contribution in [0.25, 0.3) is 10.6 Å². The smallest absolute Gasteiger partial charge is 0.319 e. The lowest BCUT2D eigenvalue weighted by Gasteiger charge is -2.11. The summed E-state index contributed by atoms with van der Waals surface area (Å²) in [5, 5.41) is 7.74. The molecule has 2 heterocycles. The van der Waals surface area contributed by atoms with Crippen molar-refractivity contribution in [1.29, 1.82) is 0 Å². The summed E-state index contributed by atoms with van der Waals surface area (Å²) >= 11 is 1.63. The Balaban J connectivity index is 1.53. The number of hydrogen-bond donors (Lipinski definition) is 2. The normalized spacial score (nSPS) is 10.4. The van der Waals surface area contributed by atoms with Crippen molar-refractivity contribution in [2.75, 3.05) is 11.9 Å². The van der Waals surface area contributed by atoms with Crippen LogP contribution in [0.3, 0.4) is 0 Å². The first kappa shape index (κ1) is 18.9. The minimum absolute atomic E-state index is 0.254. The number of thiophene rings is 1. The summed E-state index contributed by atoms with van der Waals surface area (Å²) < 4.78 is 5.63. The van der Waals surface area contributed by atoms with E-state index in [4.69, 9.17) is 4.74 Å². The van der Waals surface area contributed by atoms with Gasteiger partial charge in [0.05, 0.1) is 17.2 Å². The highest BCUT2D eigenvalue weighted by molar-refractivity contribution is 7.13. The number of amides is 2. The third-order valence-electron chi connectivity index (χ3n) is 3.96. The maximum Gasteiger partial charge on any atom is 0.319 e. The number of hydrogen-bond acceptors (Lipinski definition) is 4. The van der Waals surface area contributed by atoms with Gasteiger partial charge in [-0.2, -0.15) is 0 Å². The second-order valence-corrected chi connectivity index (χ2v) is 6.97. The fourth-order valence-corrected chi connectivity index (χ4v) is 3.29. The van der Waals surface area contributed by atoms with Crippen LogP contribution in [0.5, 0.6) is 5.75 Å². The molecule has 2 aromatic heterocycles. The maximum atomic E-state index is 12.2. The monoisotopic (exact) mass is 381 g/mol. The van der Waals surface area contributed by atoms with Gasteiger partial charge in [-0.15, -0.1) is 11.3 Å². The zero-order chi connectivity index (χ0) is 18.9. The molecule has 0 atom stereocenters.